The van der Waals surface area contributed by atoms with Gasteiger partial charge in [-0.1, -0.05) is 27.7 Å². The lowest BCUT2D eigenvalue weighted by Crippen LogP contribution is -2.46. The topological polar surface area (TPSA) is 15.3 Å². The van der Waals surface area contributed by atoms with E-state index >= 15 is 0 Å². The summed E-state index contributed by atoms with van der Waals surface area (Å²) in [6, 6.07) is 0.924. The fourth-order valence-corrected chi connectivity index (χ4v) is 4.06. The minimum absolute atomic E-state index is 0.499. The van der Waals surface area contributed by atoms with Crippen LogP contribution in [0.15, 0.2) is 0 Å². The largest absolute Gasteiger partial charge is 0.316 e. The summed E-state index contributed by atoms with van der Waals surface area (Å²) in [4.78, 5) is 2.82. The van der Waals surface area contributed by atoms with Crippen molar-refractivity contribution in [2.45, 2.75) is 65.8 Å². The third kappa shape index (κ3) is 3.72. The zero-order valence-corrected chi connectivity index (χ0v) is 13.5. The van der Waals surface area contributed by atoms with Crippen LogP contribution in [-0.4, -0.2) is 37.1 Å². The Bertz CT molecular complexity index is 270. The van der Waals surface area contributed by atoms with E-state index in [0.29, 0.717) is 5.41 Å². The maximum absolute atomic E-state index is 3.72. The molecule has 19 heavy (non-hydrogen) atoms. The Morgan fingerprint density at radius 1 is 1.21 bits per heavy atom. The first-order chi connectivity index (χ1) is 9.08. The van der Waals surface area contributed by atoms with E-state index in [1.807, 2.05) is 0 Å². The molecule has 1 aliphatic heterocycles. The number of likely N-dealkylation sites (tertiary alicyclic amines) is 1. The maximum atomic E-state index is 3.72. The molecule has 1 saturated heterocycles. The third-order valence-electron chi connectivity index (χ3n) is 5.61. The molecule has 2 atom stereocenters. The molecule has 0 radical (unpaired) electrons. The highest BCUT2D eigenvalue weighted by Gasteiger charge is 2.41. The van der Waals surface area contributed by atoms with E-state index in [1.165, 1.54) is 51.7 Å². The molecule has 0 aromatic rings. The number of nitrogens with zero attached hydrogens (tertiary/aromatic N) is 1. The monoisotopic (exact) mass is 266 g/mol. The summed E-state index contributed by atoms with van der Waals surface area (Å²) in [5, 5.41) is 3.72. The molecule has 2 heteroatoms. The van der Waals surface area contributed by atoms with E-state index in [2.05, 4.69) is 37.9 Å². The number of rotatable bonds is 8. The van der Waals surface area contributed by atoms with Gasteiger partial charge in [0.15, 0.2) is 0 Å². The first kappa shape index (κ1) is 15.3. The van der Waals surface area contributed by atoms with Crippen molar-refractivity contribution in [3.8, 4) is 0 Å². The molecule has 2 bridgehead atoms. The predicted molar refractivity (Wildman–Crippen MR) is 83.4 cm³/mol. The highest BCUT2D eigenvalue weighted by Crippen LogP contribution is 2.40. The minimum atomic E-state index is 0.499. The zero-order valence-electron chi connectivity index (χ0n) is 13.5. The van der Waals surface area contributed by atoms with Crippen LogP contribution in [0.3, 0.4) is 0 Å². The van der Waals surface area contributed by atoms with Crippen LogP contribution in [0.5, 0.6) is 0 Å². The molecule has 0 spiro atoms. The third-order valence-corrected chi connectivity index (χ3v) is 5.61. The molecule has 2 unspecified atom stereocenters. The van der Waals surface area contributed by atoms with Gasteiger partial charge in [-0.25, -0.2) is 0 Å². The van der Waals surface area contributed by atoms with Gasteiger partial charge in [0.05, 0.1) is 0 Å². The second-order valence-electron chi connectivity index (χ2n) is 7.49. The van der Waals surface area contributed by atoms with Gasteiger partial charge in [0.1, 0.15) is 0 Å². The van der Waals surface area contributed by atoms with Gasteiger partial charge >= 0.3 is 0 Å². The maximum Gasteiger partial charge on any atom is 0.00988 e. The summed E-state index contributed by atoms with van der Waals surface area (Å²) in [5.41, 5.74) is 0.499. The van der Waals surface area contributed by atoms with Crippen LogP contribution in [-0.2, 0) is 0 Å². The Morgan fingerprint density at radius 2 is 1.95 bits per heavy atom. The summed E-state index contributed by atoms with van der Waals surface area (Å²) < 4.78 is 0. The number of hydrogen-bond acceptors (Lipinski definition) is 2. The molecule has 2 rings (SSSR count). The van der Waals surface area contributed by atoms with Crippen molar-refractivity contribution in [2.24, 2.45) is 17.3 Å². The molecule has 1 saturated carbocycles. The summed E-state index contributed by atoms with van der Waals surface area (Å²) in [7, 11) is 0. The van der Waals surface area contributed by atoms with E-state index in [4.69, 9.17) is 0 Å². The van der Waals surface area contributed by atoms with Gasteiger partial charge in [-0.05, 0) is 55.9 Å². The Hall–Kier alpha value is -0.0800. The molecule has 0 amide bonds. The fourth-order valence-electron chi connectivity index (χ4n) is 4.06. The predicted octanol–water partition coefficient (Wildman–Crippen LogP) is 3.52. The van der Waals surface area contributed by atoms with Crippen molar-refractivity contribution < 1.29 is 0 Å². The second-order valence-corrected chi connectivity index (χ2v) is 7.49. The average Bonchev–Trinajstić information content (AvgIpc) is 2.99. The van der Waals surface area contributed by atoms with Gasteiger partial charge in [-0.2, -0.15) is 0 Å². The van der Waals surface area contributed by atoms with Crippen molar-refractivity contribution in [1.29, 1.82) is 0 Å². The van der Waals surface area contributed by atoms with Crippen LogP contribution >= 0.6 is 0 Å². The van der Waals surface area contributed by atoms with E-state index in [1.54, 1.807) is 0 Å². The number of nitrogens with one attached hydrogen (secondary N) is 1. The lowest BCUT2D eigenvalue weighted by Gasteiger charge is -2.39. The summed E-state index contributed by atoms with van der Waals surface area (Å²) in [6.07, 6.45) is 7.07. The summed E-state index contributed by atoms with van der Waals surface area (Å²) >= 11 is 0. The SMILES string of the molecule is CCC(CC)(CNCC(C)C)CN1CC2CCC1C2. The summed E-state index contributed by atoms with van der Waals surface area (Å²) in [5.74, 6) is 1.79. The molecule has 1 N–H and O–H groups in total. The van der Waals surface area contributed by atoms with Crippen molar-refractivity contribution in [1.82, 2.24) is 10.2 Å². The Labute approximate surface area is 120 Å². The molecule has 1 aliphatic carbocycles. The highest BCUT2D eigenvalue weighted by molar-refractivity contribution is 4.95. The molecule has 2 nitrogen and oxygen atoms in total. The van der Waals surface area contributed by atoms with Crippen molar-refractivity contribution in [3.63, 3.8) is 0 Å². The number of fused-ring (bicyclic) bond motifs is 2. The molecular weight excluding hydrogens is 232 g/mol. The van der Waals surface area contributed by atoms with Crippen molar-refractivity contribution >= 4 is 0 Å². The van der Waals surface area contributed by atoms with E-state index < -0.39 is 0 Å². The fraction of sp³-hybridized carbons (Fsp3) is 1.00. The quantitative estimate of drug-likeness (QED) is 0.723. The normalized spacial score (nSPS) is 27.6. The van der Waals surface area contributed by atoms with Crippen molar-refractivity contribution in [3.05, 3.63) is 0 Å². The molecule has 112 valence electrons. The van der Waals surface area contributed by atoms with Crippen molar-refractivity contribution in [2.75, 3.05) is 26.2 Å². The molecule has 2 fully saturated rings. The molecule has 0 aromatic heterocycles. The van der Waals surface area contributed by atoms with Crippen LogP contribution < -0.4 is 5.32 Å². The van der Waals surface area contributed by atoms with Gasteiger partial charge in [0.2, 0.25) is 0 Å². The van der Waals surface area contributed by atoms with E-state index in [-0.39, 0.29) is 0 Å². The zero-order chi connectivity index (χ0) is 13.9. The van der Waals surface area contributed by atoms with E-state index in [9.17, 15) is 0 Å². The smallest absolute Gasteiger partial charge is 0.00988 e. The van der Waals surface area contributed by atoms with E-state index in [0.717, 1.165) is 24.4 Å². The average molecular weight is 266 g/mol. The first-order valence-electron chi connectivity index (χ1n) is 8.53. The van der Waals surface area contributed by atoms with Gasteiger partial charge in [0, 0.05) is 25.7 Å². The molecule has 1 heterocycles. The number of hydrogen-bond donors (Lipinski definition) is 1. The minimum Gasteiger partial charge on any atom is -0.316 e. The Balaban J connectivity index is 1.87. The van der Waals surface area contributed by atoms with Crippen LogP contribution in [0.1, 0.15) is 59.8 Å². The second kappa shape index (κ2) is 6.58. The Morgan fingerprint density at radius 3 is 2.42 bits per heavy atom. The van der Waals surface area contributed by atoms with Crippen LogP contribution in [0.2, 0.25) is 0 Å². The lowest BCUT2D eigenvalue weighted by atomic mass is 9.81. The van der Waals surface area contributed by atoms with Crippen LogP contribution in [0.4, 0.5) is 0 Å². The molecule has 0 aromatic carbocycles. The number of piperidine rings is 1. The molecule has 2 aliphatic rings. The van der Waals surface area contributed by atoms with Crippen LogP contribution in [0, 0.1) is 17.3 Å². The first-order valence-corrected chi connectivity index (χ1v) is 8.53. The molecular formula is C17H34N2. The van der Waals surface area contributed by atoms with Gasteiger partial charge in [-0.15, -0.1) is 0 Å². The van der Waals surface area contributed by atoms with Gasteiger partial charge in [-0.3, -0.25) is 4.90 Å². The van der Waals surface area contributed by atoms with Crippen LogP contribution in [0.25, 0.3) is 0 Å². The standard InChI is InChI=1S/C17H34N2/c1-5-17(6-2,12-18-10-14(3)4)13-19-11-15-7-8-16(19)9-15/h14-16,18H,5-13H2,1-4H3. The summed E-state index contributed by atoms with van der Waals surface area (Å²) in [6.45, 7) is 14.4. The lowest BCUT2D eigenvalue weighted by molar-refractivity contribution is 0.107. The Kier molecular flexibility index (Phi) is 5.30. The highest BCUT2D eigenvalue weighted by atomic mass is 15.2. The van der Waals surface area contributed by atoms with Gasteiger partial charge < -0.3 is 5.32 Å². The van der Waals surface area contributed by atoms with Gasteiger partial charge in [0.25, 0.3) is 0 Å².